The van der Waals surface area contributed by atoms with Gasteiger partial charge in [-0.2, -0.15) is 5.10 Å². The summed E-state index contributed by atoms with van der Waals surface area (Å²) in [7, 11) is 0. The highest BCUT2D eigenvalue weighted by Gasteiger charge is 2.15. The standard InChI is InChI=1S/C16H22N4/c1-13(14-9-10-17-19-14)18-15-7-3-4-8-16(15)20-11-5-2-6-12-20/h3-4,7-10,13,18H,2,5-6,11-12H2,1H3,(H,17,19). The van der Waals surface area contributed by atoms with Gasteiger partial charge in [-0.15, -0.1) is 0 Å². The Morgan fingerprint density at radius 3 is 2.70 bits per heavy atom. The lowest BCUT2D eigenvalue weighted by atomic mass is 10.1. The van der Waals surface area contributed by atoms with Gasteiger partial charge >= 0.3 is 0 Å². The number of benzene rings is 1. The molecule has 1 aromatic heterocycles. The Bertz CT molecular complexity index is 529. The molecule has 1 aromatic carbocycles. The first-order valence-electron chi connectivity index (χ1n) is 7.44. The van der Waals surface area contributed by atoms with Crippen molar-refractivity contribution in [1.29, 1.82) is 0 Å². The van der Waals surface area contributed by atoms with Crippen molar-refractivity contribution in [3.63, 3.8) is 0 Å². The van der Waals surface area contributed by atoms with Gasteiger partial charge in [-0.1, -0.05) is 12.1 Å². The topological polar surface area (TPSA) is 44.0 Å². The third-order valence-corrected chi connectivity index (χ3v) is 3.96. The maximum absolute atomic E-state index is 4.02. The summed E-state index contributed by atoms with van der Waals surface area (Å²) < 4.78 is 0. The Labute approximate surface area is 120 Å². The molecular formula is C16H22N4. The molecule has 1 aliphatic heterocycles. The number of aromatic amines is 1. The summed E-state index contributed by atoms with van der Waals surface area (Å²) in [4.78, 5) is 2.49. The van der Waals surface area contributed by atoms with Crippen molar-refractivity contribution in [3.05, 3.63) is 42.2 Å². The number of anilines is 2. The van der Waals surface area contributed by atoms with Crippen LogP contribution >= 0.6 is 0 Å². The highest BCUT2D eigenvalue weighted by molar-refractivity contribution is 5.70. The lowest BCUT2D eigenvalue weighted by Crippen LogP contribution is -2.30. The molecule has 0 amide bonds. The van der Waals surface area contributed by atoms with Crippen molar-refractivity contribution in [2.45, 2.75) is 32.2 Å². The third kappa shape index (κ3) is 2.79. The highest BCUT2D eigenvalue weighted by atomic mass is 15.2. The summed E-state index contributed by atoms with van der Waals surface area (Å²) in [5.41, 5.74) is 3.63. The maximum atomic E-state index is 4.02. The van der Waals surface area contributed by atoms with E-state index in [2.05, 4.69) is 51.6 Å². The fraction of sp³-hybridized carbons (Fsp3) is 0.438. The summed E-state index contributed by atoms with van der Waals surface area (Å²) in [6.45, 7) is 4.48. The Hall–Kier alpha value is -1.97. The third-order valence-electron chi connectivity index (χ3n) is 3.96. The number of hydrogen-bond acceptors (Lipinski definition) is 3. The van der Waals surface area contributed by atoms with Crippen LogP contribution in [0, 0.1) is 0 Å². The molecule has 1 unspecified atom stereocenters. The second-order valence-corrected chi connectivity index (χ2v) is 5.44. The molecule has 1 saturated heterocycles. The highest BCUT2D eigenvalue weighted by Crippen LogP contribution is 2.30. The molecular weight excluding hydrogens is 248 g/mol. The van der Waals surface area contributed by atoms with E-state index in [9.17, 15) is 0 Å². The van der Waals surface area contributed by atoms with Crippen LogP contribution in [-0.2, 0) is 0 Å². The molecule has 2 aromatic rings. The average molecular weight is 270 g/mol. The van der Waals surface area contributed by atoms with E-state index >= 15 is 0 Å². The molecule has 1 atom stereocenters. The summed E-state index contributed by atoms with van der Waals surface area (Å²) in [6.07, 6.45) is 5.75. The summed E-state index contributed by atoms with van der Waals surface area (Å²) in [5.74, 6) is 0. The fourth-order valence-electron chi connectivity index (χ4n) is 2.83. The van der Waals surface area contributed by atoms with Gasteiger partial charge in [0.15, 0.2) is 0 Å². The van der Waals surface area contributed by atoms with Crippen LogP contribution in [0.15, 0.2) is 36.5 Å². The van der Waals surface area contributed by atoms with Crippen molar-refractivity contribution in [3.8, 4) is 0 Å². The quantitative estimate of drug-likeness (QED) is 0.892. The van der Waals surface area contributed by atoms with Gasteiger partial charge in [0.05, 0.1) is 23.1 Å². The van der Waals surface area contributed by atoms with E-state index in [1.54, 1.807) is 6.20 Å². The molecule has 2 heterocycles. The minimum Gasteiger partial charge on any atom is -0.375 e. The van der Waals surface area contributed by atoms with Crippen LogP contribution in [0.1, 0.15) is 37.9 Å². The zero-order chi connectivity index (χ0) is 13.8. The second-order valence-electron chi connectivity index (χ2n) is 5.44. The monoisotopic (exact) mass is 270 g/mol. The van der Waals surface area contributed by atoms with Crippen LogP contribution in [0.5, 0.6) is 0 Å². The van der Waals surface area contributed by atoms with E-state index < -0.39 is 0 Å². The number of aromatic nitrogens is 2. The fourth-order valence-corrected chi connectivity index (χ4v) is 2.83. The molecule has 106 valence electrons. The number of H-pyrrole nitrogens is 1. The van der Waals surface area contributed by atoms with Crippen LogP contribution in [0.3, 0.4) is 0 Å². The minimum atomic E-state index is 0.225. The van der Waals surface area contributed by atoms with E-state index in [1.807, 2.05) is 6.07 Å². The molecule has 0 bridgehead atoms. The van der Waals surface area contributed by atoms with Crippen LogP contribution in [-0.4, -0.2) is 23.3 Å². The van der Waals surface area contributed by atoms with Crippen molar-refractivity contribution in [2.24, 2.45) is 0 Å². The first-order valence-corrected chi connectivity index (χ1v) is 7.44. The van der Waals surface area contributed by atoms with Crippen LogP contribution in [0.2, 0.25) is 0 Å². The molecule has 2 N–H and O–H groups in total. The van der Waals surface area contributed by atoms with Gasteiger partial charge in [-0.25, -0.2) is 0 Å². The van der Waals surface area contributed by atoms with E-state index in [-0.39, 0.29) is 6.04 Å². The number of piperidine rings is 1. The van der Waals surface area contributed by atoms with Crippen LogP contribution < -0.4 is 10.2 Å². The zero-order valence-electron chi connectivity index (χ0n) is 12.0. The smallest absolute Gasteiger partial charge is 0.0652 e. The first-order chi connectivity index (χ1) is 9.84. The largest absolute Gasteiger partial charge is 0.375 e. The van der Waals surface area contributed by atoms with Gasteiger partial charge in [0.2, 0.25) is 0 Å². The summed E-state index contributed by atoms with van der Waals surface area (Å²) >= 11 is 0. The van der Waals surface area contributed by atoms with Crippen molar-refractivity contribution in [2.75, 3.05) is 23.3 Å². The second kappa shape index (κ2) is 5.99. The number of para-hydroxylation sites is 2. The zero-order valence-corrected chi connectivity index (χ0v) is 12.0. The van der Waals surface area contributed by atoms with Gasteiger partial charge in [-0.3, -0.25) is 5.10 Å². The van der Waals surface area contributed by atoms with Crippen molar-refractivity contribution < 1.29 is 0 Å². The average Bonchev–Trinajstić information content (AvgIpc) is 3.03. The van der Waals surface area contributed by atoms with Crippen LogP contribution in [0.25, 0.3) is 0 Å². The number of nitrogens with zero attached hydrogens (tertiary/aromatic N) is 2. The summed E-state index contributed by atoms with van der Waals surface area (Å²) in [5, 5.41) is 10.6. The SMILES string of the molecule is CC(Nc1ccccc1N1CCCCC1)c1ccn[nH]1. The molecule has 0 aliphatic carbocycles. The number of rotatable bonds is 4. The van der Waals surface area contributed by atoms with Gasteiger partial charge in [0, 0.05) is 19.3 Å². The Morgan fingerprint density at radius 1 is 1.15 bits per heavy atom. The van der Waals surface area contributed by atoms with Gasteiger partial charge < -0.3 is 10.2 Å². The minimum absolute atomic E-state index is 0.225. The Kier molecular flexibility index (Phi) is 3.90. The molecule has 0 radical (unpaired) electrons. The van der Waals surface area contributed by atoms with E-state index in [0.29, 0.717) is 0 Å². The van der Waals surface area contributed by atoms with Crippen molar-refractivity contribution in [1.82, 2.24) is 10.2 Å². The molecule has 0 saturated carbocycles. The molecule has 3 rings (SSSR count). The van der Waals surface area contributed by atoms with E-state index in [1.165, 1.54) is 30.6 Å². The van der Waals surface area contributed by atoms with E-state index in [0.717, 1.165) is 18.8 Å². The molecule has 4 heteroatoms. The number of hydrogen-bond donors (Lipinski definition) is 2. The first kappa shape index (κ1) is 13.0. The maximum Gasteiger partial charge on any atom is 0.0652 e. The van der Waals surface area contributed by atoms with Gasteiger partial charge in [-0.05, 0) is 44.4 Å². The lowest BCUT2D eigenvalue weighted by Gasteiger charge is -2.31. The van der Waals surface area contributed by atoms with E-state index in [4.69, 9.17) is 0 Å². The Morgan fingerprint density at radius 2 is 1.95 bits per heavy atom. The Balaban J connectivity index is 1.78. The normalized spacial score (nSPS) is 16.9. The van der Waals surface area contributed by atoms with Crippen LogP contribution in [0.4, 0.5) is 11.4 Å². The molecule has 20 heavy (non-hydrogen) atoms. The predicted octanol–water partition coefficient (Wildman–Crippen LogP) is 3.57. The summed E-state index contributed by atoms with van der Waals surface area (Å²) in [6, 6.07) is 10.8. The molecule has 4 nitrogen and oxygen atoms in total. The number of nitrogens with one attached hydrogen (secondary N) is 2. The molecule has 0 spiro atoms. The van der Waals surface area contributed by atoms with Crippen molar-refractivity contribution >= 4 is 11.4 Å². The van der Waals surface area contributed by atoms with Gasteiger partial charge in [0.25, 0.3) is 0 Å². The lowest BCUT2D eigenvalue weighted by molar-refractivity contribution is 0.578. The van der Waals surface area contributed by atoms with Gasteiger partial charge in [0.1, 0.15) is 0 Å². The molecule has 1 aliphatic rings. The predicted molar refractivity (Wildman–Crippen MR) is 83.1 cm³/mol. The molecule has 1 fully saturated rings.